The van der Waals surface area contributed by atoms with Crippen LogP contribution in [0.15, 0.2) is 54.6 Å². The first-order valence-corrected chi connectivity index (χ1v) is 7.86. The number of nitrogens with zero attached hydrogens (tertiary/aromatic N) is 1. The molecule has 2 aromatic rings. The molecule has 1 saturated heterocycles. The Labute approximate surface area is 131 Å². The van der Waals surface area contributed by atoms with Crippen LogP contribution in [-0.4, -0.2) is 24.1 Å². The molecule has 0 N–H and O–H groups in total. The molecule has 3 rings (SSSR count). The Hall–Kier alpha value is -1.51. The first-order valence-electron chi connectivity index (χ1n) is 7.49. The lowest BCUT2D eigenvalue weighted by Gasteiger charge is -2.32. The van der Waals surface area contributed by atoms with Crippen LogP contribution in [0.25, 0.3) is 0 Å². The van der Waals surface area contributed by atoms with Gasteiger partial charge in [-0.2, -0.15) is 0 Å². The van der Waals surface area contributed by atoms with Crippen molar-refractivity contribution in [2.24, 2.45) is 0 Å². The predicted octanol–water partition coefficient (Wildman–Crippen LogP) is 4.38. The van der Waals surface area contributed by atoms with Crippen molar-refractivity contribution in [3.05, 3.63) is 65.2 Å². The lowest BCUT2D eigenvalue weighted by atomic mass is 10.1. The van der Waals surface area contributed by atoms with Crippen LogP contribution >= 0.6 is 11.6 Å². The third-order valence-corrected chi connectivity index (χ3v) is 4.23. The Kier molecular flexibility index (Phi) is 4.79. The maximum Gasteiger partial charge on any atom is 0.138 e. The van der Waals surface area contributed by atoms with Crippen molar-refractivity contribution in [2.75, 3.05) is 13.1 Å². The minimum Gasteiger partial charge on any atom is -0.489 e. The fraction of sp³-hybridized carbons (Fsp3) is 0.333. The Morgan fingerprint density at radius 3 is 2.33 bits per heavy atom. The molecule has 0 saturated carbocycles. The zero-order valence-corrected chi connectivity index (χ0v) is 12.8. The summed E-state index contributed by atoms with van der Waals surface area (Å²) >= 11 is 6.14. The van der Waals surface area contributed by atoms with E-state index in [0.717, 1.165) is 38.2 Å². The summed E-state index contributed by atoms with van der Waals surface area (Å²) in [6.07, 6.45) is 2.38. The number of hydrogen-bond donors (Lipinski definition) is 0. The largest absolute Gasteiger partial charge is 0.489 e. The summed E-state index contributed by atoms with van der Waals surface area (Å²) in [5, 5.41) is 0.698. The highest BCUT2D eigenvalue weighted by Gasteiger charge is 2.21. The van der Waals surface area contributed by atoms with E-state index in [4.69, 9.17) is 16.3 Å². The Bertz CT molecular complexity index is 564. The normalized spacial score (nSPS) is 16.8. The Morgan fingerprint density at radius 2 is 1.62 bits per heavy atom. The molecule has 0 radical (unpaired) electrons. The maximum atomic E-state index is 6.14. The van der Waals surface area contributed by atoms with Gasteiger partial charge in [0.1, 0.15) is 11.9 Å². The quantitative estimate of drug-likeness (QED) is 0.831. The minimum atomic E-state index is 0.275. The van der Waals surface area contributed by atoms with Gasteiger partial charge in [0.25, 0.3) is 0 Å². The highest BCUT2D eigenvalue weighted by Crippen LogP contribution is 2.27. The van der Waals surface area contributed by atoms with Gasteiger partial charge in [-0.05, 0) is 30.5 Å². The van der Waals surface area contributed by atoms with Crippen molar-refractivity contribution in [1.29, 1.82) is 0 Å². The molecule has 0 aliphatic carbocycles. The zero-order valence-electron chi connectivity index (χ0n) is 12.0. The molecule has 110 valence electrons. The smallest absolute Gasteiger partial charge is 0.138 e. The van der Waals surface area contributed by atoms with Crippen LogP contribution < -0.4 is 4.74 Å². The van der Waals surface area contributed by atoms with Crippen molar-refractivity contribution >= 4 is 11.6 Å². The molecule has 1 fully saturated rings. The standard InChI is InChI=1S/C18H20ClNO/c19-17-8-4-5-9-18(17)21-16-10-12-20(13-11-16)14-15-6-2-1-3-7-15/h1-9,16H,10-14H2. The second kappa shape index (κ2) is 6.97. The molecular weight excluding hydrogens is 282 g/mol. The molecule has 2 aromatic carbocycles. The third kappa shape index (κ3) is 3.99. The molecule has 0 aromatic heterocycles. The first kappa shape index (κ1) is 14.4. The summed E-state index contributed by atoms with van der Waals surface area (Å²) in [6, 6.07) is 18.3. The number of rotatable bonds is 4. The SMILES string of the molecule is Clc1ccccc1OC1CCN(Cc2ccccc2)CC1. The van der Waals surface area contributed by atoms with Crippen molar-refractivity contribution in [3.63, 3.8) is 0 Å². The molecule has 2 nitrogen and oxygen atoms in total. The van der Waals surface area contributed by atoms with Crippen LogP contribution in [0.4, 0.5) is 0 Å². The molecule has 1 aliphatic rings. The maximum absolute atomic E-state index is 6.14. The van der Waals surface area contributed by atoms with Gasteiger partial charge >= 0.3 is 0 Å². The fourth-order valence-electron chi connectivity index (χ4n) is 2.75. The van der Waals surface area contributed by atoms with Crippen molar-refractivity contribution in [1.82, 2.24) is 4.90 Å². The number of ether oxygens (including phenoxy) is 1. The lowest BCUT2D eigenvalue weighted by Crippen LogP contribution is -2.37. The van der Waals surface area contributed by atoms with Gasteiger partial charge in [-0.3, -0.25) is 4.90 Å². The summed E-state index contributed by atoms with van der Waals surface area (Å²) in [7, 11) is 0. The third-order valence-electron chi connectivity index (χ3n) is 3.91. The van der Waals surface area contributed by atoms with Crippen LogP contribution in [0, 0.1) is 0 Å². The van der Waals surface area contributed by atoms with E-state index in [1.165, 1.54) is 5.56 Å². The monoisotopic (exact) mass is 301 g/mol. The lowest BCUT2D eigenvalue weighted by molar-refractivity contribution is 0.0969. The Balaban J connectivity index is 1.50. The Morgan fingerprint density at radius 1 is 0.952 bits per heavy atom. The molecule has 1 aliphatic heterocycles. The number of benzene rings is 2. The van der Waals surface area contributed by atoms with E-state index in [9.17, 15) is 0 Å². The number of para-hydroxylation sites is 1. The van der Waals surface area contributed by atoms with Gasteiger partial charge in [0.05, 0.1) is 5.02 Å². The summed E-state index contributed by atoms with van der Waals surface area (Å²) in [5.41, 5.74) is 1.38. The van der Waals surface area contributed by atoms with Crippen LogP contribution in [0.1, 0.15) is 18.4 Å². The van der Waals surface area contributed by atoms with Gasteiger partial charge in [0.2, 0.25) is 0 Å². The van der Waals surface area contributed by atoms with Gasteiger partial charge < -0.3 is 4.74 Å². The molecule has 0 amide bonds. The predicted molar refractivity (Wildman–Crippen MR) is 86.8 cm³/mol. The molecule has 0 unspecified atom stereocenters. The minimum absolute atomic E-state index is 0.275. The summed E-state index contributed by atoms with van der Waals surface area (Å²) in [5.74, 6) is 0.806. The molecule has 1 heterocycles. The number of piperidine rings is 1. The van der Waals surface area contributed by atoms with Crippen LogP contribution in [0.2, 0.25) is 5.02 Å². The van der Waals surface area contributed by atoms with E-state index >= 15 is 0 Å². The average molecular weight is 302 g/mol. The van der Waals surface area contributed by atoms with E-state index in [1.54, 1.807) is 0 Å². The van der Waals surface area contributed by atoms with E-state index in [0.29, 0.717) is 5.02 Å². The van der Waals surface area contributed by atoms with Crippen molar-refractivity contribution in [3.8, 4) is 5.75 Å². The molecular formula is C18H20ClNO. The zero-order chi connectivity index (χ0) is 14.5. The molecule has 21 heavy (non-hydrogen) atoms. The van der Waals surface area contributed by atoms with Crippen molar-refractivity contribution < 1.29 is 4.74 Å². The van der Waals surface area contributed by atoms with E-state index in [1.807, 2.05) is 24.3 Å². The second-order valence-corrected chi connectivity index (χ2v) is 5.92. The number of hydrogen-bond acceptors (Lipinski definition) is 2. The summed E-state index contributed by atoms with van der Waals surface area (Å²) < 4.78 is 6.03. The van der Waals surface area contributed by atoms with Crippen LogP contribution in [0.3, 0.4) is 0 Å². The second-order valence-electron chi connectivity index (χ2n) is 5.51. The fourth-order valence-corrected chi connectivity index (χ4v) is 2.93. The van der Waals surface area contributed by atoms with E-state index in [-0.39, 0.29) is 6.10 Å². The highest BCUT2D eigenvalue weighted by molar-refractivity contribution is 6.32. The van der Waals surface area contributed by atoms with Gasteiger partial charge in [-0.1, -0.05) is 54.1 Å². The topological polar surface area (TPSA) is 12.5 Å². The molecule has 0 atom stereocenters. The summed E-state index contributed by atoms with van der Waals surface area (Å²) in [6.45, 7) is 3.17. The molecule has 0 spiro atoms. The number of likely N-dealkylation sites (tertiary alicyclic amines) is 1. The number of halogens is 1. The van der Waals surface area contributed by atoms with Gasteiger partial charge in [0, 0.05) is 19.6 Å². The van der Waals surface area contributed by atoms with Crippen molar-refractivity contribution in [2.45, 2.75) is 25.5 Å². The van der Waals surface area contributed by atoms with Crippen LogP contribution in [-0.2, 0) is 6.54 Å². The highest BCUT2D eigenvalue weighted by atomic mass is 35.5. The van der Waals surface area contributed by atoms with E-state index < -0.39 is 0 Å². The van der Waals surface area contributed by atoms with Gasteiger partial charge in [-0.15, -0.1) is 0 Å². The first-order chi connectivity index (χ1) is 10.3. The average Bonchev–Trinajstić information content (AvgIpc) is 2.52. The molecule has 3 heteroatoms. The van der Waals surface area contributed by atoms with E-state index in [2.05, 4.69) is 35.2 Å². The van der Waals surface area contributed by atoms with Gasteiger partial charge in [0.15, 0.2) is 0 Å². The van der Waals surface area contributed by atoms with Crippen LogP contribution in [0.5, 0.6) is 5.75 Å². The summed E-state index contributed by atoms with van der Waals surface area (Å²) in [4.78, 5) is 2.49. The molecule has 0 bridgehead atoms. The van der Waals surface area contributed by atoms with Gasteiger partial charge in [-0.25, -0.2) is 0 Å².